The molecule has 4 saturated heterocycles. The number of methoxy groups -OCH3 is 2. The Labute approximate surface area is 452 Å². The molecular weight excluding hydrogens is 985 g/mol. The van der Waals surface area contributed by atoms with Crippen LogP contribution < -0.4 is 0 Å². The Hall–Kier alpha value is -3.18. The molecule has 434 valence electrons. The molecule has 0 amide bonds. The van der Waals surface area contributed by atoms with Gasteiger partial charge in [-0.15, -0.1) is 0 Å². The smallest absolute Gasteiger partial charge is 0.311 e. The van der Waals surface area contributed by atoms with Gasteiger partial charge >= 0.3 is 11.9 Å². The van der Waals surface area contributed by atoms with Crippen LogP contribution in [0, 0.1) is 41.4 Å². The van der Waals surface area contributed by atoms with Crippen LogP contribution in [0.15, 0.2) is 35.5 Å². The number of oxime groups is 1. The van der Waals surface area contributed by atoms with Crippen LogP contribution in [0.25, 0.3) is 0 Å². The van der Waals surface area contributed by atoms with E-state index in [1.54, 1.807) is 27.7 Å². The van der Waals surface area contributed by atoms with Gasteiger partial charge in [0.15, 0.2) is 24.7 Å². The molecule has 1 aromatic carbocycles. The van der Waals surface area contributed by atoms with Crippen LogP contribution in [0.4, 0.5) is 0 Å². The summed E-state index contributed by atoms with van der Waals surface area (Å²) in [6.45, 7) is 24.8. The van der Waals surface area contributed by atoms with Crippen molar-refractivity contribution in [1.82, 2.24) is 4.90 Å². The molecule has 19 nitrogen and oxygen atoms in total. The molecule has 0 bridgehead atoms. The van der Waals surface area contributed by atoms with Gasteiger partial charge in [0, 0.05) is 70.4 Å². The van der Waals surface area contributed by atoms with Crippen molar-refractivity contribution in [2.75, 3.05) is 41.0 Å². The van der Waals surface area contributed by atoms with Crippen molar-refractivity contribution >= 4 is 23.4 Å². The number of ether oxygens (including phenoxy) is 10. The van der Waals surface area contributed by atoms with Gasteiger partial charge in [-0.3, -0.25) is 19.3 Å². The molecule has 4 heterocycles. The fraction of sp³-hybridized carbons (Fsp3) is 0.825. The number of cyclic esters (lactones) is 1. The molecule has 4 fully saturated rings. The number of carbonyl (C=O) groups is 3. The summed E-state index contributed by atoms with van der Waals surface area (Å²) in [5, 5.41) is 39.2. The molecule has 22 atom stereocenters. The fourth-order valence-corrected chi connectivity index (χ4v) is 11.8. The van der Waals surface area contributed by atoms with Crippen LogP contribution in [-0.2, 0) is 73.0 Å². The van der Waals surface area contributed by atoms with Crippen molar-refractivity contribution in [2.45, 2.75) is 220 Å². The predicted molar refractivity (Wildman–Crippen MR) is 282 cm³/mol. The standard InChI is InChI=1S/C57H94N2O17/c1-30(2)24-43(60)73-49-37(9)48(32(4)29-69-56-52(67-15)51(66-14)45(61)40(12)72-56)75-54(64)39(11)50(74-44-25-33(5)59(28-35(7)70-44)23-22-41-20-18-17-19-21-41)36(8)47(31(3)27-57(13,65)53(63)38(49)10)76-55-46(62)42(58-68-16)26-34(6)71-55/h17-21,30-40,44-52,55-56,61-62,65H,22-29H2,1-16H3/b58-42+/t31-,32?,33?,34+,35-,36+,37-,38+,39+,40+,44-,45+,46+,47-,48+,49+,50-,51+,52+,55-,56+,57-/m0/s1. The number of hydrogen-bond acceptors (Lipinski definition) is 19. The van der Waals surface area contributed by atoms with E-state index in [-0.39, 0.29) is 43.9 Å². The molecule has 0 aromatic heterocycles. The second-order valence-corrected chi connectivity index (χ2v) is 23.1. The van der Waals surface area contributed by atoms with Crippen molar-refractivity contribution in [1.29, 1.82) is 0 Å². The summed E-state index contributed by atoms with van der Waals surface area (Å²) < 4.78 is 63.8. The molecule has 4 aliphatic rings. The van der Waals surface area contributed by atoms with E-state index >= 15 is 4.79 Å². The zero-order valence-corrected chi connectivity index (χ0v) is 48.2. The van der Waals surface area contributed by atoms with Crippen molar-refractivity contribution in [3.05, 3.63) is 35.9 Å². The number of carbonyl (C=O) groups excluding carboxylic acids is 3. The van der Waals surface area contributed by atoms with E-state index in [2.05, 4.69) is 29.1 Å². The Kier molecular flexibility index (Phi) is 24.1. The largest absolute Gasteiger partial charge is 0.461 e. The van der Waals surface area contributed by atoms with Gasteiger partial charge in [0.25, 0.3) is 0 Å². The lowest BCUT2D eigenvalue weighted by molar-refractivity contribution is -0.305. The van der Waals surface area contributed by atoms with Gasteiger partial charge in [-0.1, -0.05) is 84.0 Å². The van der Waals surface area contributed by atoms with E-state index < -0.39 is 139 Å². The average molecular weight is 1080 g/mol. The van der Waals surface area contributed by atoms with E-state index in [9.17, 15) is 24.9 Å². The third-order valence-electron chi connectivity index (χ3n) is 16.0. The average Bonchev–Trinajstić information content (AvgIpc) is 3.50. The highest BCUT2D eigenvalue weighted by atomic mass is 16.7. The van der Waals surface area contributed by atoms with Crippen LogP contribution in [0.2, 0.25) is 0 Å². The normalized spacial score (nSPS) is 40.7. The Morgan fingerprint density at radius 3 is 2.12 bits per heavy atom. The summed E-state index contributed by atoms with van der Waals surface area (Å²) in [7, 11) is 4.32. The van der Waals surface area contributed by atoms with Gasteiger partial charge in [-0.25, -0.2) is 0 Å². The zero-order valence-electron chi connectivity index (χ0n) is 48.2. The van der Waals surface area contributed by atoms with E-state index in [0.29, 0.717) is 18.7 Å². The summed E-state index contributed by atoms with van der Waals surface area (Å²) >= 11 is 0. The first-order valence-electron chi connectivity index (χ1n) is 27.7. The first kappa shape index (κ1) is 63.6. The maximum Gasteiger partial charge on any atom is 0.311 e. The third-order valence-corrected chi connectivity index (χ3v) is 16.0. The number of aliphatic hydroxyl groups excluding tert-OH is 2. The maximum atomic E-state index is 15.4. The highest BCUT2D eigenvalue weighted by molar-refractivity contribution is 5.90. The van der Waals surface area contributed by atoms with Crippen molar-refractivity contribution in [2.24, 2.45) is 46.6 Å². The third kappa shape index (κ3) is 16.5. The summed E-state index contributed by atoms with van der Waals surface area (Å²) in [5.41, 5.74) is -0.486. The van der Waals surface area contributed by atoms with Crippen molar-refractivity contribution in [3.63, 3.8) is 0 Å². The van der Waals surface area contributed by atoms with Gasteiger partial charge in [-0.2, -0.15) is 0 Å². The number of Topliss-reactive ketones (excluding diaryl/α,β-unsaturated/α-hetero) is 1. The molecule has 0 radical (unpaired) electrons. The van der Waals surface area contributed by atoms with Crippen LogP contribution in [0.5, 0.6) is 0 Å². The lowest BCUT2D eigenvalue weighted by atomic mass is 9.74. The molecule has 3 N–H and O–H groups in total. The minimum Gasteiger partial charge on any atom is -0.461 e. The number of esters is 2. The van der Waals surface area contributed by atoms with Gasteiger partial charge < -0.3 is 67.5 Å². The molecule has 19 heteroatoms. The molecule has 0 saturated carbocycles. The Morgan fingerprint density at radius 2 is 1.49 bits per heavy atom. The van der Waals surface area contributed by atoms with E-state index in [4.69, 9.17) is 52.2 Å². The van der Waals surface area contributed by atoms with E-state index in [1.165, 1.54) is 33.8 Å². The van der Waals surface area contributed by atoms with Crippen LogP contribution in [0.3, 0.4) is 0 Å². The number of benzene rings is 1. The topological polar surface area (TPSA) is 229 Å². The Bertz CT molecular complexity index is 1990. The number of aliphatic hydroxyl groups is 3. The Morgan fingerprint density at radius 1 is 0.816 bits per heavy atom. The number of rotatable bonds is 17. The molecule has 5 rings (SSSR count). The highest BCUT2D eigenvalue weighted by Crippen LogP contribution is 2.39. The lowest BCUT2D eigenvalue weighted by Gasteiger charge is -2.44. The summed E-state index contributed by atoms with van der Waals surface area (Å²) in [6, 6.07) is 10.3. The molecule has 1 aromatic rings. The van der Waals surface area contributed by atoms with Crippen LogP contribution >= 0.6 is 0 Å². The van der Waals surface area contributed by atoms with Crippen LogP contribution in [0.1, 0.15) is 121 Å². The molecule has 0 aliphatic carbocycles. The molecular formula is C57H94N2O17. The monoisotopic (exact) mass is 1080 g/mol. The first-order valence-corrected chi connectivity index (χ1v) is 27.7. The second-order valence-electron chi connectivity index (χ2n) is 23.1. The van der Waals surface area contributed by atoms with Crippen LogP contribution in [-0.4, -0.2) is 182 Å². The van der Waals surface area contributed by atoms with Gasteiger partial charge in [0.1, 0.15) is 49.3 Å². The second kappa shape index (κ2) is 28.8. The minimum absolute atomic E-state index is 0.00672. The summed E-state index contributed by atoms with van der Waals surface area (Å²) in [4.78, 5) is 51.6. The van der Waals surface area contributed by atoms with Crippen molar-refractivity contribution < 1.29 is 81.9 Å². The number of hydrogen-bond donors (Lipinski definition) is 3. The lowest BCUT2D eigenvalue weighted by Crippen LogP contribution is -2.59. The Balaban J connectivity index is 1.60. The summed E-state index contributed by atoms with van der Waals surface area (Å²) in [5.74, 6) is -6.94. The van der Waals surface area contributed by atoms with Crippen molar-refractivity contribution in [3.8, 4) is 0 Å². The zero-order chi connectivity index (χ0) is 56.3. The van der Waals surface area contributed by atoms with E-state index in [0.717, 1.165) is 13.0 Å². The maximum absolute atomic E-state index is 15.4. The molecule has 0 spiro atoms. The van der Waals surface area contributed by atoms with Gasteiger partial charge in [0.05, 0.1) is 54.7 Å². The molecule has 76 heavy (non-hydrogen) atoms. The fourth-order valence-electron chi connectivity index (χ4n) is 11.8. The number of ketones is 1. The summed E-state index contributed by atoms with van der Waals surface area (Å²) in [6.07, 6.45) is -11.2. The molecule has 4 aliphatic heterocycles. The van der Waals surface area contributed by atoms with Gasteiger partial charge in [0.2, 0.25) is 0 Å². The predicted octanol–water partition coefficient (Wildman–Crippen LogP) is 5.89. The first-order chi connectivity index (χ1) is 35.8. The quantitative estimate of drug-likeness (QED) is 0.122. The molecule has 2 unspecified atom stereocenters. The minimum atomic E-state index is -2.03. The van der Waals surface area contributed by atoms with Gasteiger partial charge in [-0.05, 0) is 71.8 Å². The SMILES string of the molecule is CO/N=C1\C[C@@H](C)O[C@@H](O[C@@H]2[C@@H](C)[C@H](O[C@H]3CC(C)N(CCc4ccccc4)C[C@H](C)O3)[C@@H](C)C(=O)O[C@H](C(C)CO[C@@H]3O[C@H](C)[C@@H](O)[C@@H](OC)[C@H]3OC)[C@H](C)[C@@H](OC(=O)CC(C)C)[C@@H](C)C(=O)[C@@](C)(O)C[C@@H]2C)[C@@H]1O. The number of nitrogens with zero attached hydrogens (tertiary/aromatic N) is 2. The van der Waals surface area contributed by atoms with E-state index in [1.807, 2.05) is 66.7 Å². The highest BCUT2D eigenvalue weighted by Gasteiger charge is 2.51.